The van der Waals surface area contributed by atoms with E-state index in [1.54, 1.807) is 18.3 Å². The Labute approximate surface area is 185 Å². The largest absolute Gasteiger partial charge is 0.492 e. The van der Waals surface area contributed by atoms with Crippen molar-refractivity contribution in [2.75, 3.05) is 37.4 Å². The number of hydrogen-bond acceptors (Lipinski definition) is 8. The van der Waals surface area contributed by atoms with E-state index in [1.165, 1.54) is 0 Å². The van der Waals surface area contributed by atoms with Crippen molar-refractivity contribution in [2.24, 2.45) is 0 Å². The summed E-state index contributed by atoms with van der Waals surface area (Å²) in [7, 11) is -2.31. The highest BCUT2D eigenvalue weighted by Crippen LogP contribution is 2.30. The van der Waals surface area contributed by atoms with Gasteiger partial charge in [-0.15, -0.1) is 0 Å². The van der Waals surface area contributed by atoms with Crippen LogP contribution in [0.3, 0.4) is 0 Å². The Balaban J connectivity index is 1.48. The van der Waals surface area contributed by atoms with Crippen LogP contribution in [-0.4, -0.2) is 71.7 Å². The lowest BCUT2D eigenvalue weighted by Gasteiger charge is -2.18. The van der Waals surface area contributed by atoms with Crippen LogP contribution in [0.2, 0.25) is 0 Å². The van der Waals surface area contributed by atoms with E-state index in [0.29, 0.717) is 25.3 Å². The molecule has 2 heterocycles. The molecule has 1 aliphatic heterocycles. The zero-order valence-electron chi connectivity index (χ0n) is 16.9. The highest BCUT2D eigenvalue weighted by atomic mass is 32.2. The third-order valence-corrected chi connectivity index (χ3v) is 6.43. The average molecular weight is 466 g/mol. The average Bonchev–Trinajstić information content (AvgIpc) is 3.00. The molecule has 0 bridgehead atoms. The number of anilines is 1. The highest BCUT2D eigenvalue weighted by Gasteiger charge is 2.39. The van der Waals surface area contributed by atoms with Gasteiger partial charge in [0, 0.05) is 19.8 Å². The number of carbonyl (C=O) groups excluding carboxylic acids is 2. The molecule has 1 unspecified atom stereocenters. The van der Waals surface area contributed by atoms with Crippen LogP contribution in [-0.2, 0) is 21.3 Å². The molecule has 1 saturated heterocycles. The van der Waals surface area contributed by atoms with Gasteiger partial charge in [0.25, 0.3) is 15.4 Å². The van der Waals surface area contributed by atoms with E-state index in [1.807, 2.05) is 42.3 Å². The lowest BCUT2D eigenvalue weighted by atomic mass is 10.1. The molecule has 0 radical (unpaired) electrons. The van der Waals surface area contributed by atoms with Gasteiger partial charge in [0.2, 0.25) is 5.91 Å². The smallest absolute Gasteiger partial charge is 0.289 e. The summed E-state index contributed by atoms with van der Waals surface area (Å²) in [6, 6.07) is 13.0. The minimum absolute atomic E-state index is 0.334. The first-order valence-corrected chi connectivity index (χ1v) is 12.0. The summed E-state index contributed by atoms with van der Waals surface area (Å²) in [6.07, 6.45) is 2.07. The fourth-order valence-corrected chi connectivity index (χ4v) is 4.44. The van der Waals surface area contributed by atoms with E-state index in [4.69, 9.17) is 9.29 Å². The van der Waals surface area contributed by atoms with Gasteiger partial charge in [0.15, 0.2) is 0 Å². The molecule has 1 aromatic heterocycles. The van der Waals surface area contributed by atoms with Crippen LogP contribution in [0.25, 0.3) is 0 Å². The summed E-state index contributed by atoms with van der Waals surface area (Å²) in [4.78, 5) is 31.5. The van der Waals surface area contributed by atoms with E-state index in [0.717, 1.165) is 28.0 Å². The van der Waals surface area contributed by atoms with Crippen molar-refractivity contribution < 1.29 is 27.3 Å². The van der Waals surface area contributed by atoms with E-state index in [9.17, 15) is 18.0 Å². The number of hydrogen-bond donors (Lipinski definition) is 1. The van der Waals surface area contributed by atoms with Gasteiger partial charge in [-0.3, -0.25) is 19.0 Å². The van der Waals surface area contributed by atoms with Gasteiger partial charge >= 0.3 is 0 Å². The van der Waals surface area contributed by atoms with Crippen LogP contribution in [0.5, 0.6) is 5.75 Å². The number of thioether (sulfide) groups is 1. The molecule has 166 valence electrons. The minimum Gasteiger partial charge on any atom is -0.492 e. The Hall–Kier alpha value is -2.63. The summed E-state index contributed by atoms with van der Waals surface area (Å²) in [6.45, 7) is 0.786. The molecule has 2 amide bonds. The second-order valence-electron chi connectivity index (χ2n) is 6.95. The van der Waals surface area contributed by atoms with Gasteiger partial charge in [-0.25, -0.2) is 4.98 Å². The summed E-state index contributed by atoms with van der Waals surface area (Å²) in [5, 5.41) is -1.12. The molecule has 9 nitrogen and oxygen atoms in total. The molecule has 0 saturated carbocycles. The second kappa shape index (κ2) is 10.1. The lowest BCUT2D eigenvalue weighted by Crippen LogP contribution is -2.35. The van der Waals surface area contributed by atoms with Gasteiger partial charge in [-0.2, -0.15) is 8.42 Å². The molecule has 1 atom stereocenters. The maximum absolute atomic E-state index is 12.4. The van der Waals surface area contributed by atoms with Crippen LogP contribution >= 0.6 is 11.8 Å². The van der Waals surface area contributed by atoms with Crippen LogP contribution in [0, 0.1) is 0 Å². The number of carbonyl (C=O) groups is 2. The van der Waals surface area contributed by atoms with Crippen LogP contribution in [0.15, 0.2) is 48.7 Å². The second-order valence-corrected chi connectivity index (χ2v) is 9.68. The molecule has 31 heavy (non-hydrogen) atoms. The van der Waals surface area contributed by atoms with Gasteiger partial charge in [-0.05, 0) is 36.2 Å². The van der Waals surface area contributed by atoms with E-state index < -0.39 is 32.3 Å². The number of imide groups is 1. The SMILES string of the molecule is CN(CCOc1ccc(CC2SC(=O)N(CCS(=O)(=O)O)C2=O)cc1)c1ccccn1. The fraction of sp³-hybridized carbons (Fsp3) is 0.350. The monoisotopic (exact) mass is 465 g/mol. The molecule has 1 aliphatic rings. The van der Waals surface area contributed by atoms with E-state index in [-0.39, 0.29) is 6.54 Å². The van der Waals surface area contributed by atoms with Crippen molar-refractivity contribution in [2.45, 2.75) is 11.7 Å². The van der Waals surface area contributed by atoms with Gasteiger partial charge in [0.05, 0.1) is 17.5 Å². The third kappa shape index (κ3) is 6.68. The van der Waals surface area contributed by atoms with Crippen LogP contribution in [0.1, 0.15) is 5.56 Å². The Morgan fingerprint density at radius 1 is 1.19 bits per heavy atom. The van der Waals surface area contributed by atoms with Gasteiger partial charge in [-0.1, -0.05) is 30.0 Å². The molecule has 1 N–H and O–H groups in total. The lowest BCUT2D eigenvalue weighted by molar-refractivity contribution is -0.126. The Morgan fingerprint density at radius 3 is 2.58 bits per heavy atom. The third-order valence-electron chi connectivity index (χ3n) is 4.66. The number of ether oxygens (including phenoxy) is 1. The number of benzene rings is 1. The summed E-state index contributed by atoms with van der Waals surface area (Å²) in [5.74, 6) is 0.436. The van der Waals surface area contributed by atoms with Crippen molar-refractivity contribution in [3.8, 4) is 5.75 Å². The quantitative estimate of drug-likeness (QED) is 0.526. The number of nitrogens with zero attached hydrogens (tertiary/aromatic N) is 3. The highest BCUT2D eigenvalue weighted by molar-refractivity contribution is 8.15. The first kappa shape index (κ1) is 23.0. The van der Waals surface area contributed by atoms with Crippen molar-refractivity contribution >= 4 is 38.8 Å². The van der Waals surface area contributed by atoms with Crippen molar-refractivity contribution in [3.05, 3.63) is 54.2 Å². The fourth-order valence-electron chi connectivity index (χ4n) is 2.97. The van der Waals surface area contributed by atoms with Crippen molar-refractivity contribution in [3.63, 3.8) is 0 Å². The summed E-state index contributed by atoms with van der Waals surface area (Å²) in [5.41, 5.74) is 0.855. The number of aromatic nitrogens is 1. The summed E-state index contributed by atoms with van der Waals surface area (Å²) < 4.78 is 36.3. The number of pyridine rings is 1. The predicted octanol–water partition coefficient (Wildman–Crippen LogP) is 2.09. The Bertz CT molecular complexity index is 1010. The number of rotatable bonds is 10. The van der Waals surface area contributed by atoms with E-state index >= 15 is 0 Å². The molecule has 1 aromatic carbocycles. The first-order valence-electron chi connectivity index (χ1n) is 9.54. The molecule has 0 aliphatic carbocycles. The maximum Gasteiger partial charge on any atom is 0.289 e. The Morgan fingerprint density at radius 2 is 1.94 bits per heavy atom. The van der Waals surface area contributed by atoms with Crippen LogP contribution < -0.4 is 9.64 Å². The van der Waals surface area contributed by atoms with Gasteiger partial charge in [0.1, 0.15) is 18.2 Å². The topological polar surface area (TPSA) is 117 Å². The minimum atomic E-state index is -4.24. The van der Waals surface area contributed by atoms with Crippen molar-refractivity contribution in [1.82, 2.24) is 9.88 Å². The first-order chi connectivity index (χ1) is 14.7. The van der Waals surface area contributed by atoms with Gasteiger partial charge < -0.3 is 9.64 Å². The molecule has 2 aromatic rings. The zero-order chi connectivity index (χ0) is 22.4. The molecule has 11 heteroatoms. The normalized spacial score (nSPS) is 16.6. The molecule has 1 fully saturated rings. The number of amides is 2. The number of likely N-dealkylation sites (N-methyl/N-ethyl adjacent to an activating group) is 1. The maximum atomic E-state index is 12.4. The van der Waals surface area contributed by atoms with Crippen LogP contribution in [0.4, 0.5) is 10.6 Å². The summed E-state index contributed by atoms with van der Waals surface area (Å²) >= 11 is 0.865. The molecular formula is C20H23N3O6S2. The standard InChI is InChI=1S/C20H23N3O6S2/c1-22(18-4-2-3-9-21-18)10-12-29-16-7-5-15(6-8-16)14-17-19(24)23(20(25)30-17)11-13-31(26,27)28/h2-9,17H,10-14H2,1H3,(H,26,27,28). The van der Waals surface area contributed by atoms with E-state index in [2.05, 4.69) is 4.98 Å². The van der Waals surface area contributed by atoms with Crippen molar-refractivity contribution in [1.29, 1.82) is 0 Å². The zero-order valence-corrected chi connectivity index (χ0v) is 18.5. The molecule has 3 rings (SSSR count). The predicted molar refractivity (Wildman–Crippen MR) is 118 cm³/mol. The molecular weight excluding hydrogens is 442 g/mol. The molecule has 0 spiro atoms. The Kier molecular flexibility index (Phi) is 7.52.